The van der Waals surface area contributed by atoms with Crippen molar-refractivity contribution in [3.63, 3.8) is 0 Å². The first-order valence-corrected chi connectivity index (χ1v) is 7.48. The van der Waals surface area contributed by atoms with Crippen molar-refractivity contribution in [2.24, 2.45) is 5.41 Å². The highest BCUT2D eigenvalue weighted by molar-refractivity contribution is 5.76. The van der Waals surface area contributed by atoms with E-state index in [1.807, 2.05) is 13.8 Å². The van der Waals surface area contributed by atoms with Crippen LogP contribution in [0.25, 0.3) is 0 Å². The molecule has 3 nitrogen and oxygen atoms in total. The van der Waals surface area contributed by atoms with Crippen LogP contribution in [0.1, 0.15) is 52.6 Å². The van der Waals surface area contributed by atoms with Gasteiger partial charge in [0.2, 0.25) is 5.91 Å². The van der Waals surface area contributed by atoms with Gasteiger partial charge >= 0.3 is 0 Å². The summed E-state index contributed by atoms with van der Waals surface area (Å²) >= 11 is 0. The molecule has 1 unspecified atom stereocenters. The molecule has 0 aliphatic rings. The van der Waals surface area contributed by atoms with Crippen LogP contribution in [0.3, 0.4) is 0 Å². The molecule has 0 fully saturated rings. The zero-order chi connectivity index (χ0) is 16.0. The second-order valence-corrected chi connectivity index (χ2v) is 6.78. The maximum Gasteiger partial charge on any atom is 0.221 e. The standard InChI is InChI=1S/C17H27FN2O/c1-12(2)19-11-10-15(21)20-16(17(3,4)5)13-6-8-14(18)9-7-13/h6-9,12,16,19H,10-11H2,1-5H3,(H,20,21). The van der Waals surface area contributed by atoms with Crippen molar-refractivity contribution in [3.8, 4) is 0 Å². The van der Waals surface area contributed by atoms with Crippen molar-refractivity contribution in [1.82, 2.24) is 10.6 Å². The molecule has 1 rings (SSSR count). The van der Waals surface area contributed by atoms with Crippen LogP contribution in [0.5, 0.6) is 0 Å². The average molecular weight is 294 g/mol. The molecule has 0 saturated carbocycles. The molecule has 0 saturated heterocycles. The van der Waals surface area contributed by atoms with Crippen molar-refractivity contribution < 1.29 is 9.18 Å². The van der Waals surface area contributed by atoms with Crippen LogP contribution in [0.2, 0.25) is 0 Å². The minimum atomic E-state index is -0.265. The Hall–Kier alpha value is -1.42. The van der Waals surface area contributed by atoms with Gasteiger partial charge in [0.15, 0.2) is 0 Å². The van der Waals surface area contributed by atoms with E-state index < -0.39 is 0 Å². The van der Waals surface area contributed by atoms with E-state index in [0.717, 1.165) is 5.56 Å². The molecule has 0 aliphatic carbocycles. The zero-order valence-corrected chi connectivity index (χ0v) is 13.7. The summed E-state index contributed by atoms with van der Waals surface area (Å²) in [6.07, 6.45) is 0.436. The fourth-order valence-corrected chi connectivity index (χ4v) is 2.16. The van der Waals surface area contributed by atoms with E-state index in [9.17, 15) is 9.18 Å². The fraction of sp³-hybridized carbons (Fsp3) is 0.588. The van der Waals surface area contributed by atoms with Crippen LogP contribution in [-0.2, 0) is 4.79 Å². The Kier molecular flexibility index (Phi) is 6.34. The highest BCUT2D eigenvalue weighted by Crippen LogP contribution is 2.32. The molecule has 0 bridgehead atoms. The largest absolute Gasteiger partial charge is 0.349 e. The molecule has 1 atom stereocenters. The summed E-state index contributed by atoms with van der Waals surface area (Å²) in [5.41, 5.74) is 0.785. The summed E-state index contributed by atoms with van der Waals surface area (Å²) in [5, 5.41) is 6.29. The van der Waals surface area contributed by atoms with Crippen LogP contribution >= 0.6 is 0 Å². The molecule has 0 spiro atoms. The Labute approximate surface area is 127 Å². The molecule has 1 amide bonds. The average Bonchev–Trinajstić information content (AvgIpc) is 2.35. The number of benzene rings is 1. The van der Waals surface area contributed by atoms with E-state index in [1.54, 1.807) is 12.1 Å². The number of hydrogen-bond donors (Lipinski definition) is 2. The summed E-state index contributed by atoms with van der Waals surface area (Å²) < 4.78 is 13.1. The smallest absolute Gasteiger partial charge is 0.221 e. The van der Waals surface area contributed by atoms with Crippen LogP contribution in [-0.4, -0.2) is 18.5 Å². The van der Waals surface area contributed by atoms with Gasteiger partial charge in [-0.15, -0.1) is 0 Å². The van der Waals surface area contributed by atoms with Gasteiger partial charge in [-0.25, -0.2) is 4.39 Å². The Bertz CT molecular complexity index is 449. The second-order valence-electron chi connectivity index (χ2n) is 6.78. The molecule has 118 valence electrons. The third kappa shape index (κ3) is 6.25. The Balaban J connectivity index is 2.71. The molecule has 0 heterocycles. The van der Waals surface area contributed by atoms with E-state index in [2.05, 4.69) is 31.4 Å². The third-order valence-electron chi connectivity index (χ3n) is 3.28. The lowest BCUT2D eigenvalue weighted by atomic mass is 9.82. The van der Waals surface area contributed by atoms with Gasteiger partial charge in [-0.3, -0.25) is 4.79 Å². The predicted molar refractivity (Wildman–Crippen MR) is 84.5 cm³/mol. The predicted octanol–water partition coefficient (Wildman–Crippen LogP) is 3.42. The zero-order valence-electron chi connectivity index (χ0n) is 13.7. The van der Waals surface area contributed by atoms with Gasteiger partial charge in [-0.1, -0.05) is 46.8 Å². The maximum atomic E-state index is 13.1. The van der Waals surface area contributed by atoms with Crippen LogP contribution in [0, 0.1) is 11.2 Å². The minimum absolute atomic E-state index is 0.00685. The summed E-state index contributed by atoms with van der Waals surface area (Å²) in [4.78, 5) is 12.1. The van der Waals surface area contributed by atoms with E-state index >= 15 is 0 Å². The summed E-state index contributed by atoms with van der Waals surface area (Å²) in [6.45, 7) is 10.9. The summed E-state index contributed by atoms with van der Waals surface area (Å²) in [5.74, 6) is -0.258. The normalized spacial score (nSPS) is 13.3. The SMILES string of the molecule is CC(C)NCCC(=O)NC(c1ccc(F)cc1)C(C)(C)C. The van der Waals surface area contributed by atoms with Gasteiger partial charge < -0.3 is 10.6 Å². The van der Waals surface area contributed by atoms with Gasteiger partial charge in [-0.2, -0.15) is 0 Å². The molecule has 2 N–H and O–H groups in total. The number of rotatable bonds is 6. The van der Waals surface area contributed by atoms with Crippen molar-refractivity contribution >= 4 is 5.91 Å². The van der Waals surface area contributed by atoms with Gasteiger partial charge in [0, 0.05) is 19.0 Å². The number of carbonyl (C=O) groups is 1. The molecule has 1 aromatic carbocycles. The Morgan fingerprint density at radius 1 is 1.19 bits per heavy atom. The van der Waals surface area contributed by atoms with Gasteiger partial charge in [-0.05, 0) is 23.1 Å². The second kappa shape index (κ2) is 7.55. The summed E-state index contributed by atoms with van der Waals surface area (Å²) in [7, 11) is 0. The number of carbonyl (C=O) groups excluding carboxylic acids is 1. The van der Waals surface area contributed by atoms with E-state index in [-0.39, 0.29) is 23.2 Å². The molecule has 21 heavy (non-hydrogen) atoms. The number of nitrogens with one attached hydrogen (secondary N) is 2. The summed E-state index contributed by atoms with van der Waals surface area (Å²) in [6, 6.07) is 6.56. The first-order chi connectivity index (χ1) is 9.70. The molecular formula is C17H27FN2O. The van der Waals surface area contributed by atoms with Crippen molar-refractivity contribution in [1.29, 1.82) is 0 Å². The van der Waals surface area contributed by atoms with Crippen LogP contribution in [0.4, 0.5) is 4.39 Å². The number of halogens is 1. The van der Waals surface area contributed by atoms with E-state index in [1.165, 1.54) is 12.1 Å². The van der Waals surface area contributed by atoms with Gasteiger partial charge in [0.05, 0.1) is 6.04 Å². The highest BCUT2D eigenvalue weighted by atomic mass is 19.1. The lowest BCUT2D eigenvalue weighted by molar-refractivity contribution is -0.122. The highest BCUT2D eigenvalue weighted by Gasteiger charge is 2.27. The molecule has 0 aromatic heterocycles. The van der Waals surface area contributed by atoms with E-state index in [4.69, 9.17) is 0 Å². The van der Waals surface area contributed by atoms with Crippen molar-refractivity contribution in [2.45, 2.75) is 53.1 Å². The van der Waals surface area contributed by atoms with Crippen LogP contribution < -0.4 is 10.6 Å². The lowest BCUT2D eigenvalue weighted by Crippen LogP contribution is -2.38. The monoisotopic (exact) mass is 294 g/mol. The fourth-order valence-electron chi connectivity index (χ4n) is 2.16. The first-order valence-electron chi connectivity index (χ1n) is 7.48. The van der Waals surface area contributed by atoms with Gasteiger partial charge in [0.25, 0.3) is 0 Å². The topological polar surface area (TPSA) is 41.1 Å². The van der Waals surface area contributed by atoms with Crippen LogP contribution in [0.15, 0.2) is 24.3 Å². The molecule has 4 heteroatoms. The molecule has 1 aromatic rings. The van der Waals surface area contributed by atoms with Gasteiger partial charge in [0.1, 0.15) is 5.82 Å². The van der Waals surface area contributed by atoms with Crippen molar-refractivity contribution in [3.05, 3.63) is 35.6 Å². The Morgan fingerprint density at radius 3 is 2.24 bits per heavy atom. The van der Waals surface area contributed by atoms with Crippen molar-refractivity contribution in [2.75, 3.05) is 6.54 Å². The minimum Gasteiger partial charge on any atom is -0.349 e. The maximum absolute atomic E-state index is 13.1. The molecular weight excluding hydrogens is 267 g/mol. The Morgan fingerprint density at radius 2 is 1.76 bits per heavy atom. The third-order valence-corrected chi connectivity index (χ3v) is 3.28. The first kappa shape index (κ1) is 17.6. The van der Waals surface area contributed by atoms with E-state index in [0.29, 0.717) is 19.0 Å². The quantitative estimate of drug-likeness (QED) is 0.844. The number of amides is 1. The molecule has 0 radical (unpaired) electrons. The number of hydrogen-bond acceptors (Lipinski definition) is 2. The lowest BCUT2D eigenvalue weighted by Gasteiger charge is -2.32. The molecule has 0 aliphatic heterocycles.